The maximum atomic E-state index is 12.9. The van der Waals surface area contributed by atoms with Crippen LogP contribution in [-0.2, 0) is 17.8 Å². The van der Waals surface area contributed by atoms with Gasteiger partial charge in [0.05, 0.1) is 42.0 Å². The van der Waals surface area contributed by atoms with Crippen LogP contribution in [0.1, 0.15) is 53.4 Å². The van der Waals surface area contributed by atoms with Gasteiger partial charge in [0.25, 0.3) is 5.91 Å². The molecule has 2 aliphatic heterocycles. The van der Waals surface area contributed by atoms with Crippen molar-refractivity contribution in [3.05, 3.63) is 53.4 Å². The molecule has 1 amide bonds. The van der Waals surface area contributed by atoms with Gasteiger partial charge in [0, 0.05) is 38.3 Å². The van der Waals surface area contributed by atoms with E-state index in [-0.39, 0.29) is 11.8 Å². The largest absolute Gasteiger partial charge is 0.378 e. The Kier molecular flexibility index (Phi) is 6.37. The zero-order valence-electron chi connectivity index (χ0n) is 19.5. The molecule has 0 unspecified atom stereocenters. The molecule has 0 N–H and O–H groups in total. The van der Waals surface area contributed by atoms with Gasteiger partial charge in [-0.05, 0) is 45.4 Å². The summed E-state index contributed by atoms with van der Waals surface area (Å²) in [6.45, 7) is 10.2. The minimum absolute atomic E-state index is 0.00564. The van der Waals surface area contributed by atoms with Crippen LogP contribution in [-0.4, -0.2) is 74.6 Å². The molecule has 8 nitrogen and oxygen atoms in total. The Bertz CT molecular complexity index is 1140. The number of amides is 1. The lowest BCUT2D eigenvalue weighted by atomic mass is 9.97. The molecule has 0 aliphatic carbocycles. The predicted molar refractivity (Wildman–Crippen MR) is 126 cm³/mol. The van der Waals surface area contributed by atoms with Crippen molar-refractivity contribution in [3.8, 4) is 0 Å². The lowest BCUT2D eigenvalue weighted by Crippen LogP contribution is -2.41. The molecular weight excluding hydrogens is 416 g/mol. The Morgan fingerprint density at radius 3 is 2.76 bits per heavy atom. The summed E-state index contributed by atoms with van der Waals surface area (Å²) in [6, 6.07) is 8.35. The molecule has 3 aromatic rings. The van der Waals surface area contributed by atoms with Crippen LogP contribution in [0.5, 0.6) is 0 Å². The Morgan fingerprint density at radius 1 is 1.15 bits per heavy atom. The zero-order chi connectivity index (χ0) is 22.8. The van der Waals surface area contributed by atoms with E-state index < -0.39 is 0 Å². The number of hydrogen-bond donors (Lipinski definition) is 0. The van der Waals surface area contributed by atoms with Gasteiger partial charge in [0.1, 0.15) is 11.6 Å². The first kappa shape index (κ1) is 22.0. The molecule has 5 rings (SSSR count). The van der Waals surface area contributed by atoms with Gasteiger partial charge < -0.3 is 14.2 Å². The fourth-order valence-electron chi connectivity index (χ4n) is 5.04. The lowest BCUT2D eigenvalue weighted by Gasteiger charge is -2.32. The first-order chi connectivity index (χ1) is 16.1. The number of rotatable bonds is 5. The van der Waals surface area contributed by atoms with Crippen LogP contribution in [0.25, 0.3) is 11.0 Å². The van der Waals surface area contributed by atoms with Crippen LogP contribution in [0.3, 0.4) is 0 Å². The van der Waals surface area contributed by atoms with Gasteiger partial charge in [0.15, 0.2) is 0 Å². The Labute approximate surface area is 194 Å². The smallest absolute Gasteiger partial charge is 0.257 e. The van der Waals surface area contributed by atoms with Crippen LogP contribution >= 0.6 is 0 Å². The zero-order valence-corrected chi connectivity index (χ0v) is 19.5. The van der Waals surface area contributed by atoms with Gasteiger partial charge in [-0.3, -0.25) is 9.69 Å². The summed E-state index contributed by atoms with van der Waals surface area (Å²) in [6.07, 6.45) is 3.90. The summed E-state index contributed by atoms with van der Waals surface area (Å²) in [4.78, 5) is 31.5. The molecule has 2 aromatic heterocycles. The standard InChI is InChI=1S/C25H32N6O2/c1-3-31-22-9-5-4-8-21(22)28-23(31)17-29-10-6-7-19(16-29)24-26-15-20(18(2)27-24)25(32)30-11-13-33-14-12-30/h4-5,8-9,15,19H,3,6-7,10-14,16-17H2,1-2H3/t19-/m1/s1. The molecule has 2 saturated heterocycles. The quantitative estimate of drug-likeness (QED) is 0.597. The van der Waals surface area contributed by atoms with Crippen LogP contribution in [0.4, 0.5) is 0 Å². The highest BCUT2D eigenvalue weighted by Crippen LogP contribution is 2.27. The number of carbonyl (C=O) groups excluding carboxylic acids is 1. The van der Waals surface area contributed by atoms with Crippen molar-refractivity contribution in [2.45, 2.75) is 45.7 Å². The van der Waals surface area contributed by atoms with Crippen LogP contribution < -0.4 is 0 Å². The number of benzene rings is 1. The van der Waals surface area contributed by atoms with E-state index in [9.17, 15) is 4.79 Å². The number of hydrogen-bond acceptors (Lipinski definition) is 6. The molecule has 0 spiro atoms. The maximum Gasteiger partial charge on any atom is 0.257 e. The number of para-hydroxylation sites is 2. The number of aromatic nitrogens is 4. The third-order valence-corrected chi connectivity index (χ3v) is 6.81. The topological polar surface area (TPSA) is 76.4 Å². The molecule has 1 aromatic carbocycles. The predicted octanol–water partition coefficient (Wildman–Crippen LogP) is 3.01. The van der Waals surface area contributed by atoms with Gasteiger partial charge in [0.2, 0.25) is 0 Å². The third kappa shape index (κ3) is 4.50. The van der Waals surface area contributed by atoms with E-state index in [1.807, 2.05) is 17.9 Å². The minimum atomic E-state index is 0.00564. The third-order valence-electron chi connectivity index (χ3n) is 6.81. The SMILES string of the molecule is CCn1c(CN2CCC[C@@H](c3ncc(C(=O)N4CCOCC4)c(C)n3)C2)nc2ccccc21. The second-order valence-corrected chi connectivity index (χ2v) is 8.97. The van der Waals surface area contributed by atoms with E-state index >= 15 is 0 Å². The van der Waals surface area contributed by atoms with E-state index in [1.54, 1.807) is 6.20 Å². The summed E-state index contributed by atoms with van der Waals surface area (Å²) < 4.78 is 7.67. The van der Waals surface area contributed by atoms with Crippen molar-refractivity contribution < 1.29 is 9.53 Å². The molecule has 2 fully saturated rings. The highest BCUT2D eigenvalue weighted by Gasteiger charge is 2.27. The Hall–Kier alpha value is -2.84. The highest BCUT2D eigenvalue weighted by molar-refractivity contribution is 5.95. The molecule has 4 heterocycles. The van der Waals surface area contributed by atoms with Crippen LogP contribution in [0, 0.1) is 6.92 Å². The summed E-state index contributed by atoms with van der Waals surface area (Å²) in [5, 5.41) is 0. The number of aryl methyl sites for hydroxylation is 2. The number of fused-ring (bicyclic) bond motifs is 1. The van der Waals surface area contributed by atoms with Gasteiger partial charge in [-0.2, -0.15) is 0 Å². The summed E-state index contributed by atoms with van der Waals surface area (Å²) >= 11 is 0. The number of ether oxygens (including phenoxy) is 1. The molecule has 0 bridgehead atoms. The number of piperidine rings is 1. The molecule has 2 aliphatic rings. The fourth-order valence-corrected chi connectivity index (χ4v) is 5.04. The normalized spacial score (nSPS) is 19.8. The van der Waals surface area contributed by atoms with E-state index in [1.165, 1.54) is 5.52 Å². The van der Waals surface area contributed by atoms with Crippen molar-refractivity contribution in [2.24, 2.45) is 0 Å². The first-order valence-electron chi connectivity index (χ1n) is 12.0. The molecule has 0 radical (unpaired) electrons. The average molecular weight is 449 g/mol. The summed E-state index contributed by atoms with van der Waals surface area (Å²) in [7, 11) is 0. The second-order valence-electron chi connectivity index (χ2n) is 8.97. The highest BCUT2D eigenvalue weighted by atomic mass is 16.5. The number of carbonyl (C=O) groups is 1. The van der Waals surface area contributed by atoms with Crippen molar-refractivity contribution in [1.82, 2.24) is 29.3 Å². The molecule has 33 heavy (non-hydrogen) atoms. The fraction of sp³-hybridized carbons (Fsp3) is 0.520. The number of imidazole rings is 1. The number of nitrogens with zero attached hydrogens (tertiary/aromatic N) is 6. The molecule has 1 atom stereocenters. The lowest BCUT2D eigenvalue weighted by molar-refractivity contribution is 0.0301. The average Bonchev–Trinajstić information content (AvgIpc) is 3.21. The summed E-state index contributed by atoms with van der Waals surface area (Å²) in [5.74, 6) is 2.23. The van der Waals surface area contributed by atoms with Crippen LogP contribution in [0.15, 0.2) is 30.5 Å². The molecule has 0 saturated carbocycles. The number of likely N-dealkylation sites (tertiary alicyclic amines) is 1. The summed E-state index contributed by atoms with van der Waals surface area (Å²) in [5.41, 5.74) is 3.62. The van der Waals surface area contributed by atoms with Crippen molar-refractivity contribution in [1.29, 1.82) is 0 Å². The maximum absolute atomic E-state index is 12.9. The van der Waals surface area contributed by atoms with Crippen molar-refractivity contribution in [2.75, 3.05) is 39.4 Å². The van der Waals surface area contributed by atoms with Gasteiger partial charge in [-0.1, -0.05) is 12.1 Å². The van der Waals surface area contributed by atoms with E-state index in [4.69, 9.17) is 14.7 Å². The van der Waals surface area contributed by atoms with Crippen molar-refractivity contribution >= 4 is 16.9 Å². The minimum Gasteiger partial charge on any atom is -0.378 e. The number of morpholine rings is 1. The second kappa shape index (κ2) is 9.57. The van der Waals surface area contributed by atoms with Crippen LogP contribution in [0.2, 0.25) is 0 Å². The Balaban J connectivity index is 1.30. The molecule has 8 heteroatoms. The van der Waals surface area contributed by atoms with Gasteiger partial charge in [-0.25, -0.2) is 15.0 Å². The molecule has 174 valence electrons. The van der Waals surface area contributed by atoms with E-state index in [0.717, 1.165) is 61.9 Å². The first-order valence-corrected chi connectivity index (χ1v) is 12.0. The molecular formula is C25H32N6O2. The van der Waals surface area contributed by atoms with E-state index in [2.05, 4.69) is 39.6 Å². The van der Waals surface area contributed by atoms with Gasteiger partial charge in [-0.15, -0.1) is 0 Å². The monoisotopic (exact) mass is 448 g/mol. The van der Waals surface area contributed by atoms with Crippen molar-refractivity contribution in [3.63, 3.8) is 0 Å². The van der Waals surface area contributed by atoms with E-state index in [0.29, 0.717) is 31.9 Å². The van der Waals surface area contributed by atoms with Gasteiger partial charge >= 0.3 is 0 Å². The Morgan fingerprint density at radius 2 is 1.97 bits per heavy atom.